The van der Waals surface area contributed by atoms with E-state index in [-0.39, 0.29) is 11.9 Å². The summed E-state index contributed by atoms with van der Waals surface area (Å²) in [7, 11) is 0. The zero-order valence-electron chi connectivity index (χ0n) is 20.8. The van der Waals surface area contributed by atoms with E-state index in [4.69, 9.17) is 4.74 Å². The van der Waals surface area contributed by atoms with E-state index in [0.717, 1.165) is 56.4 Å². The van der Waals surface area contributed by atoms with Crippen molar-refractivity contribution < 1.29 is 14.3 Å². The Bertz CT molecular complexity index is 1030. The molecule has 1 saturated heterocycles. The van der Waals surface area contributed by atoms with E-state index in [1.165, 1.54) is 30.4 Å². The van der Waals surface area contributed by atoms with Crippen LogP contribution >= 0.6 is 0 Å². The Morgan fingerprint density at radius 3 is 2.66 bits per heavy atom. The summed E-state index contributed by atoms with van der Waals surface area (Å²) in [6, 6.07) is 13.7. The number of anilines is 1. The topological polar surface area (TPSA) is 71.0 Å². The van der Waals surface area contributed by atoms with Crippen molar-refractivity contribution in [3.8, 4) is 0 Å². The second kappa shape index (κ2) is 12.5. The largest absolute Gasteiger partial charge is 0.466 e. The van der Waals surface area contributed by atoms with Gasteiger partial charge < -0.3 is 10.1 Å². The number of nitrogens with one attached hydrogen (secondary N) is 1. The van der Waals surface area contributed by atoms with E-state index in [9.17, 15) is 9.59 Å². The molecule has 0 aromatic heterocycles. The van der Waals surface area contributed by atoms with Gasteiger partial charge in [-0.1, -0.05) is 31.5 Å². The second-order valence-electron chi connectivity index (χ2n) is 9.71. The fraction of sp³-hybridized carbons (Fsp3) is 0.483. The van der Waals surface area contributed by atoms with E-state index >= 15 is 0 Å². The van der Waals surface area contributed by atoms with Gasteiger partial charge >= 0.3 is 5.97 Å². The molecular formula is C29H37N3O3. The van der Waals surface area contributed by atoms with Crippen LogP contribution in [0.5, 0.6) is 0 Å². The molecule has 1 aliphatic carbocycles. The van der Waals surface area contributed by atoms with Gasteiger partial charge in [0.15, 0.2) is 0 Å². The lowest BCUT2D eigenvalue weighted by molar-refractivity contribution is -0.145. The molecule has 2 aromatic rings. The summed E-state index contributed by atoms with van der Waals surface area (Å²) in [6.45, 7) is 4.65. The van der Waals surface area contributed by atoms with Gasteiger partial charge in [0.05, 0.1) is 12.8 Å². The van der Waals surface area contributed by atoms with Gasteiger partial charge in [0.2, 0.25) is 0 Å². The molecular weight excluding hydrogens is 438 g/mol. The molecule has 0 spiro atoms. The molecule has 0 saturated carbocycles. The molecule has 0 radical (unpaired) electrons. The average molecular weight is 476 g/mol. The maximum atomic E-state index is 12.8. The van der Waals surface area contributed by atoms with Gasteiger partial charge in [-0.05, 0) is 91.8 Å². The minimum absolute atomic E-state index is 0.0837. The molecule has 35 heavy (non-hydrogen) atoms. The number of fused-ring (bicyclic) bond motifs is 1. The summed E-state index contributed by atoms with van der Waals surface area (Å²) in [4.78, 5) is 24.8. The summed E-state index contributed by atoms with van der Waals surface area (Å²) in [5.41, 5.74) is 4.94. The first-order valence-electron chi connectivity index (χ1n) is 13.1. The molecule has 1 atom stereocenters. The number of piperidine rings is 1. The molecule has 1 aliphatic heterocycles. The van der Waals surface area contributed by atoms with Crippen molar-refractivity contribution in [1.29, 1.82) is 0 Å². The van der Waals surface area contributed by atoms with Crippen molar-refractivity contribution in [3.05, 3.63) is 64.7 Å². The molecule has 1 amide bonds. The predicted octanol–water partition coefficient (Wildman–Crippen LogP) is 5.60. The van der Waals surface area contributed by atoms with Gasteiger partial charge in [-0.25, -0.2) is 0 Å². The molecule has 1 fully saturated rings. The third-order valence-electron chi connectivity index (χ3n) is 6.89. The van der Waals surface area contributed by atoms with E-state index in [0.29, 0.717) is 24.5 Å². The molecule has 186 valence electrons. The van der Waals surface area contributed by atoms with Crippen molar-refractivity contribution in [1.82, 2.24) is 5.01 Å². The molecule has 1 heterocycles. The lowest BCUT2D eigenvalue weighted by atomic mass is 9.82. The van der Waals surface area contributed by atoms with Crippen LogP contribution in [-0.4, -0.2) is 42.8 Å². The van der Waals surface area contributed by atoms with Crippen LogP contribution in [0.4, 0.5) is 5.69 Å². The standard InChI is InChI=1S/C29H37N3O3/c1-2-3-17-35-28(33)19-23-9-12-26-20-27(14-13-25(26)18-23)31-29(34)24-10-7-22(8-11-24)21-30-32-15-5-4-6-16-32/h7-8,10-11,13-14,20-21,23H,2-6,9,12,15-19H2,1H3,(H,31,34). The molecule has 2 aromatic carbocycles. The summed E-state index contributed by atoms with van der Waals surface area (Å²) in [6.07, 6.45) is 10.8. The van der Waals surface area contributed by atoms with Crippen LogP contribution in [0.3, 0.4) is 0 Å². The first-order chi connectivity index (χ1) is 17.1. The number of hydrogen-bond acceptors (Lipinski definition) is 5. The van der Waals surface area contributed by atoms with Gasteiger partial charge in [0.25, 0.3) is 5.91 Å². The van der Waals surface area contributed by atoms with Gasteiger partial charge in [0, 0.05) is 30.8 Å². The first kappa shape index (κ1) is 25.0. The van der Waals surface area contributed by atoms with Gasteiger partial charge in [0.1, 0.15) is 0 Å². The summed E-state index contributed by atoms with van der Waals surface area (Å²) >= 11 is 0. The Kier molecular flexibility index (Phi) is 8.93. The number of carbonyl (C=O) groups excluding carboxylic acids is 2. The smallest absolute Gasteiger partial charge is 0.306 e. The minimum atomic E-state index is -0.118. The number of rotatable bonds is 9. The zero-order valence-corrected chi connectivity index (χ0v) is 20.8. The van der Waals surface area contributed by atoms with Crippen LogP contribution in [-0.2, 0) is 22.4 Å². The van der Waals surface area contributed by atoms with Crippen molar-refractivity contribution >= 4 is 23.8 Å². The Balaban J connectivity index is 1.28. The summed E-state index contributed by atoms with van der Waals surface area (Å²) < 4.78 is 5.33. The summed E-state index contributed by atoms with van der Waals surface area (Å²) in [5.74, 6) is 0.126. The van der Waals surface area contributed by atoms with Crippen LogP contribution in [0, 0.1) is 5.92 Å². The van der Waals surface area contributed by atoms with Crippen LogP contribution in [0.15, 0.2) is 47.6 Å². The quantitative estimate of drug-likeness (QED) is 0.291. The predicted molar refractivity (Wildman–Crippen MR) is 140 cm³/mol. The number of ether oxygens (including phenoxy) is 1. The third kappa shape index (κ3) is 7.41. The highest BCUT2D eigenvalue weighted by atomic mass is 16.5. The molecule has 2 aliphatic rings. The van der Waals surface area contributed by atoms with Crippen molar-refractivity contribution in [3.63, 3.8) is 0 Å². The Morgan fingerprint density at radius 2 is 1.89 bits per heavy atom. The van der Waals surface area contributed by atoms with Crippen LogP contribution < -0.4 is 5.32 Å². The van der Waals surface area contributed by atoms with Crippen molar-refractivity contribution in [2.75, 3.05) is 25.0 Å². The number of esters is 1. The molecule has 1 unspecified atom stereocenters. The van der Waals surface area contributed by atoms with Crippen LogP contribution in [0.25, 0.3) is 0 Å². The molecule has 6 nitrogen and oxygen atoms in total. The number of hydrazone groups is 1. The number of amides is 1. The van der Waals surface area contributed by atoms with E-state index in [1.54, 1.807) is 0 Å². The third-order valence-corrected chi connectivity index (χ3v) is 6.89. The van der Waals surface area contributed by atoms with E-state index in [2.05, 4.69) is 34.5 Å². The number of carbonyl (C=O) groups is 2. The fourth-order valence-electron chi connectivity index (χ4n) is 4.77. The lowest BCUT2D eigenvalue weighted by Gasteiger charge is -2.24. The number of unbranched alkanes of at least 4 members (excludes halogenated alkanes) is 1. The maximum absolute atomic E-state index is 12.8. The number of nitrogens with zero attached hydrogens (tertiary/aromatic N) is 2. The highest BCUT2D eigenvalue weighted by Gasteiger charge is 2.22. The number of benzene rings is 2. The second-order valence-corrected chi connectivity index (χ2v) is 9.71. The highest BCUT2D eigenvalue weighted by molar-refractivity contribution is 6.04. The van der Waals surface area contributed by atoms with E-state index in [1.807, 2.05) is 36.5 Å². The molecule has 4 rings (SSSR count). The van der Waals surface area contributed by atoms with Crippen molar-refractivity contribution in [2.24, 2.45) is 11.0 Å². The number of hydrogen-bond donors (Lipinski definition) is 1. The van der Waals surface area contributed by atoms with Gasteiger partial charge in [-0.15, -0.1) is 0 Å². The summed E-state index contributed by atoms with van der Waals surface area (Å²) in [5, 5.41) is 9.70. The molecule has 1 N–H and O–H groups in total. The Morgan fingerprint density at radius 1 is 1.09 bits per heavy atom. The number of aryl methyl sites for hydroxylation is 1. The first-order valence-corrected chi connectivity index (χ1v) is 13.1. The fourth-order valence-corrected chi connectivity index (χ4v) is 4.77. The van der Waals surface area contributed by atoms with Crippen molar-refractivity contribution in [2.45, 2.75) is 64.7 Å². The van der Waals surface area contributed by atoms with Crippen LogP contribution in [0.2, 0.25) is 0 Å². The lowest BCUT2D eigenvalue weighted by Crippen LogP contribution is -2.24. The Labute approximate surface area is 208 Å². The minimum Gasteiger partial charge on any atom is -0.466 e. The molecule has 6 heteroatoms. The van der Waals surface area contributed by atoms with E-state index < -0.39 is 0 Å². The monoisotopic (exact) mass is 475 g/mol. The SMILES string of the molecule is CCCCOC(=O)CC1CCc2cc(NC(=O)c3ccc(C=NN4CCCCC4)cc3)ccc2C1. The Hall–Kier alpha value is -3.15. The normalized spacial score (nSPS) is 17.7. The van der Waals surface area contributed by atoms with Gasteiger partial charge in [-0.2, -0.15) is 5.10 Å². The highest BCUT2D eigenvalue weighted by Crippen LogP contribution is 2.30. The average Bonchev–Trinajstić information content (AvgIpc) is 2.88. The van der Waals surface area contributed by atoms with Crippen LogP contribution in [0.1, 0.15) is 78.9 Å². The zero-order chi connectivity index (χ0) is 24.5. The van der Waals surface area contributed by atoms with Gasteiger partial charge in [-0.3, -0.25) is 14.6 Å². The molecule has 0 bridgehead atoms. The maximum Gasteiger partial charge on any atom is 0.306 e.